The van der Waals surface area contributed by atoms with E-state index in [1.54, 1.807) is 4.90 Å². The lowest BCUT2D eigenvalue weighted by atomic mass is 9.95. The Morgan fingerprint density at radius 3 is 2.72 bits per heavy atom. The molecule has 25 heavy (non-hydrogen) atoms. The van der Waals surface area contributed by atoms with Gasteiger partial charge in [-0.05, 0) is 48.6 Å². The van der Waals surface area contributed by atoms with Gasteiger partial charge in [0.15, 0.2) is 0 Å². The van der Waals surface area contributed by atoms with E-state index in [9.17, 15) is 13.6 Å². The minimum absolute atomic E-state index is 0.0684. The maximum Gasteiger partial charge on any atom is 0.242 e. The van der Waals surface area contributed by atoms with Gasteiger partial charge in [-0.15, -0.1) is 0 Å². The van der Waals surface area contributed by atoms with Gasteiger partial charge in [0, 0.05) is 31.3 Å². The molecular weight excluding hydrogens is 322 g/mol. The van der Waals surface area contributed by atoms with Crippen LogP contribution in [0, 0.1) is 11.6 Å². The van der Waals surface area contributed by atoms with Crippen molar-refractivity contribution in [2.24, 2.45) is 0 Å². The van der Waals surface area contributed by atoms with E-state index in [-0.39, 0.29) is 11.9 Å². The van der Waals surface area contributed by atoms with Crippen LogP contribution in [0.3, 0.4) is 0 Å². The van der Waals surface area contributed by atoms with Crippen molar-refractivity contribution in [2.75, 3.05) is 13.6 Å². The first-order valence-electron chi connectivity index (χ1n) is 8.57. The Morgan fingerprint density at radius 2 is 2.00 bits per heavy atom. The Bertz CT molecular complexity index is 838. The molecule has 2 aromatic carbocycles. The Balaban J connectivity index is 1.62. The van der Waals surface area contributed by atoms with Crippen LogP contribution >= 0.6 is 0 Å². The smallest absolute Gasteiger partial charge is 0.242 e. The summed E-state index contributed by atoms with van der Waals surface area (Å²) in [4.78, 5) is 14.2. The summed E-state index contributed by atoms with van der Waals surface area (Å²) < 4.78 is 27.2. The molecule has 2 heterocycles. The van der Waals surface area contributed by atoms with Crippen LogP contribution in [0.25, 0.3) is 11.1 Å². The molecule has 130 valence electrons. The van der Waals surface area contributed by atoms with E-state index >= 15 is 0 Å². The third-order valence-electron chi connectivity index (χ3n) is 5.47. The molecule has 0 radical (unpaired) electrons. The van der Waals surface area contributed by atoms with Crippen LogP contribution in [-0.4, -0.2) is 29.9 Å². The van der Waals surface area contributed by atoms with Gasteiger partial charge in [0.2, 0.25) is 5.91 Å². The highest BCUT2D eigenvalue weighted by Gasteiger charge is 2.49. The third kappa shape index (κ3) is 2.72. The van der Waals surface area contributed by atoms with Crippen molar-refractivity contribution >= 4 is 5.91 Å². The Morgan fingerprint density at radius 1 is 1.16 bits per heavy atom. The van der Waals surface area contributed by atoms with Gasteiger partial charge in [-0.25, -0.2) is 8.78 Å². The van der Waals surface area contributed by atoms with Crippen molar-refractivity contribution in [2.45, 2.75) is 30.8 Å². The standard InChI is InChI=1S/C20H20F2N2O/c1-24-10-9-20(19(24)25)8-7-18(23-20)14-4-2-3-13(11-14)16-6-5-15(21)12-17(16)22/h2-6,11-12,18,23H,7-10H2,1H3/t18-,20+/m1/s1. The molecule has 1 amide bonds. The van der Waals surface area contributed by atoms with Gasteiger partial charge < -0.3 is 4.90 Å². The molecule has 2 fully saturated rings. The Labute approximate surface area is 145 Å². The molecule has 1 spiro atoms. The molecule has 2 aliphatic heterocycles. The van der Waals surface area contributed by atoms with Gasteiger partial charge in [0.25, 0.3) is 0 Å². The van der Waals surface area contributed by atoms with E-state index in [1.165, 1.54) is 12.1 Å². The SMILES string of the molecule is CN1CC[C@@]2(CC[C@H](c3cccc(-c4ccc(F)cc4F)c3)N2)C1=O. The van der Waals surface area contributed by atoms with Crippen LogP contribution in [0.1, 0.15) is 30.9 Å². The summed E-state index contributed by atoms with van der Waals surface area (Å²) in [6, 6.07) is 11.3. The van der Waals surface area contributed by atoms with Gasteiger partial charge in [-0.1, -0.05) is 18.2 Å². The summed E-state index contributed by atoms with van der Waals surface area (Å²) in [7, 11) is 1.84. The average Bonchev–Trinajstić information content (AvgIpc) is 3.15. The van der Waals surface area contributed by atoms with Crippen molar-refractivity contribution in [3.8, 4) is 11.1 Å². The molecule has 2 atom stereocenters. The lowest BCUT2D eigenvalue weighted by Gasteiger charge is -2.23. The fourth-order valence-electron chi connectivity index (χ4n) is 4.06. The minimum Gasteiger partial charge on any atom is -0.344 e. The largest absolute Gasteiger partial charge is 0.344 e. The van der Waals surface area contributed by atoms with Gasteiger partial charge >= 0.3 is 0 Å². The van der Waals surface area contributed by atoms with E-state index in [0.717, 1.165) is 37.4 Å². The first kappa shape index (κ1) is 16.2. The molecule has 3 nitrogen and oxygen atoms in total. The zero-order chi connectivity index (χ0) is 17.6. The van der Waals surface area contributed by atoms with E-state index in [0.29, 0.717) is 11.1 Å². The van der Waals surface area contributed by atoms with E-state index in [4.69, 9.17) is 0 Å². The fraction of sp³-hybridized carbons (Fsp3) is 0.350. The number of likely N-dealkylation sites (N-methyl/N-ethyl adjacent to an activating group) is 1. The number of hydrogen-bond acceptors (Lipinski definition) is 2. The number of carbonyl (C=O) groups is 1. The summed E-state index contributed by atoms with van der Waals surface area (Å²) in [5.41, 5.74) is 1.68. The molecule has 0 unspecified atom stereocenters. The topological polar surface area (TPSA) is 32.3 Å². The lowest BCUT2D eigenvalue weighted by Crippen LogP contribution is -2.47. The highest BCUT2D eigenvalue weighted by atomic mass is 19.1. The number of amides is 1. The predicted octanol–water partition coefficient (Wildman–Crippen LogP) is 3.66. The minimum atomic E-state index is -0.583. The molecule has 0 aromatic heterocycles. The number of likely N-dealkylation sites (tertiary alicyclic amines) is 1. The van der Waals surface area contributed by atoms with Crippen molar-refractivity contribution in [1.29, 1.82) is 0 Å². The molecule has 0 aliphatic carbocycles. The van der Waals surface area contributed by atoms with Gasteiger partial charge in [0.1, 0.15) is 17.2 Å². The molecule has 2 aromatic rings. The number of hydrogen-bond donors (Lipinski definition) is 1. The summed E-state index contributed by atoms with van der Waals surface area (Å²) in [6.07, 6.45) is 2.51. The van der Waals surface area contributed by atoms with Gasteiger partial charge in [0.05, 0.1) is 0 Å². The normalized spacial score (nSPS) is 26.0. The molecule has 2 aliphatic rings. The van der Waals surface area contributed by atoms with Gasteiger partial charge in [-0.2, -0.15) is 0 Å². The van der Waals surface area contributed by atoms with Crippen LogP contribution in [0.5, 0.6) is 0 Å². The molecule has 1 N–H and O–H groups in total. The van der Waals surface area contributed by atoms with Crippen LogP contribution in [0.15, 0.2) is 42.5 Å². The first-order valence-corrected chi connectivity index (χ1v) is 8.57. The monoisotopic (exact) mass is 342 g/mol. The summed E-state index contributed by atoms with van der Waals surface area (Å²) in [6.45, 7) is 0.777. The van der Waals surface area contributed by atoms with Crippen molar-refractivity contribution < 1.29 is 13.6 Å². The number of benzene rings is 2. The highest BCUT2D eigenvalue weighted by Crippen LogP contribution is 2.39. The molecule has 4 rings (SSSR count). The zero-order valence-corrected chi connectivity index (χ0v) is 14.1. The third-order valence-corrected chi connectivity index (χ3v) is 5.47. The van der Waals surface area contributed by atoms with E-state index in [2.05, 4.69) is 5.32 Å². The average molecular weight is 342 g/mol. The molecule has 0 bridgehead atoms. The number of carbonyl (C=O) groups excluding carboxylic acids is 1. The Kier molecular flexibility index (Phi) is 3.84. The quantitative estimate of drug-likeness (QED) is 0.903. The van der Waals surface area contributed by atoms with Crippen molar-refractivity contribution in [1.82, 2.24) is 10.2 Å². The van der Waals surface area contributed by atoms with E-state index < -0.39 is 17.2 Å². The molecule has 0 saturated carbocycles. The second-order valence-corrected chi connectivity index (χ2v) is 7.04. The van der Waals surface area contributed by atoms with Crippen LogP contribution in [0.4, 0.5) is 8.78 Å². The number of nitrogens with zero attached hydrogens (tertiary/aromatic N) is 1. The second kappa shape index (κ2) is 5.92. The predicted molar refractivity (Wildman–Crippen MR) is 91.9 cm³/mol. The first-order chi connectivity index (χ1) is 12.0. The van der Waals surface area contributed by atoms with Crippen LogP contribution < -0.4 is 5.32 Å². The number of rotatable bonds is 2. The van der Waals surface area contributed by atoms with E-state index in [1.807, 2.05) is 31.3 Å². The van der Waals surface area contributed by atoms with Crippen molar-refractivity contribution in [3.63, 3.8) is 0 Å². The summed E-state index contributed by atoms with van der Waals surface area (Å²) in [5, 5.41) is 3.52. The molecule has 5 heteroatoms. The maximum atomic E-state index is 14.1. The second-order valence-electron chi connectivity index (χ2n) is 7.04. The fourth-order valence-corrected chi connectivity index (χ4v) is 4.06. The Hall–Kier alpha value is -2.27. The summed E-state index contributed by atoms with van der Waals surface area (Å²) in [5.74, 6) is -0.989. The van der Waals surface area contributed by atoms with Crippen molar-refractivity contribution in [3.05, 3.63) is 59.7 Å². The number of nitrogens with one attached hydrogen (secondary N) is 1. The van der Waals surface area contributed by atoms with Crippen LogP contribution in [-0.2, 0) is 4.79 Å². The maximum absolute atomic E-state index is 14.1. The summed E-state index contributed by atoms with van der Waals surface area (Å²) >= 11 is 0. The highest BCUT2D eigenvalue weighted by molar-refractivity contribution is 5.88. The molecular formula is C20H20F2N2O. The lowest BCUT2D eigenvalue weighted by molar-refractivity contribution is -0.131. The molecule has 2 saturated heterocycles. The van der Waals surface area contributed by atoms with Crippen LogP contribution in [0.2, 0.25) is 0 Å². The van der Waals surface area contributed by atoms with Gasteiger partial charge in [-0.3, -0.25) is 10.1 Å². The number of halogens is 2. The zero-order valence-electron chi connectivity index (χ0n) is 14.1.